The molecule has 134 valence electrons. The minimum absolute atomic E-state index is 0.771. The molecule has 2 aromatic rings. The Morgan fingerprint density at radius 2 is 1.32 bits per heavy atom. The van der Waals surface area contributed by atoms with E-state index in [-0.39, 0.29) is 0 Å². The summed E-state index contributed by atoms with van der Waals surface area (Å²) in [4.78, 5) is 2.31. The number of azo groups is 1. The molecule has 0 aromatic heterocycles. The molecule has 0 spiro atoms. The Kier molecular flexibility index (Phi) is 7.96. The van der Waals surface area contributed by atoms with Gasteiger partial charge >= 0.3 is 0 Å². The van der Waals surface area contributed by atoms with Gasteiger partial charge in [0.2, 0.25) is 0 Å². The highest BCUT2D eigenvalue weighted by Crippen LogP contribution is 2.23. The first-order chi connectivity index (χ1) is 12.3. The monoisotopic (exact) mass is 339 g/mol. The number of hydrogen-bond donors (Lipinski definition) is 0. The van der Waals surface area contributed by atoms with E-state index in [2.05, 4.69) is 48.0 Å². The van der Waals surface area contributed by atoms with Crippen molar-refractivity contribution in [1.82, 2.24) is 0 Å². The van der Waals surface area contributed by atoms with Crippen LogP contribution in [0.1, 0.15) is 40.0 Å². The van der Waals surface area contributed by atoms with E-state index in [1.54, 1.807) is 0 Å². The lowest BCUT2D eigenvalue weighted by Gasteiger charge is -2.20. The highest BCUT2D eigenvalue weighted by molar-refractivity contribution is 5.52. The number of unbranched alkanes of at least 4 members (excludes halogenated alkanes) is 2. The molecule has 0 bridgehead atoms. The van der Waals surface area contributed by atoms with Crippen molar-refractivity contribution in [3.05, 3.63) is 48.5 Å². The molecule has 0 saturated heterocycles. The van der Waals surface area contributed by atoms with Gasteiger partial charge in [-0.1, -0.05) is 19.8 Å². The van der Waals surface area contributed by atoms with Crippen LogP contribution in [-0.2, 0) is 0 Å². The third-order valence-corrected chi connectivity index (χ3v) is 4.11. The van der Waals surface area contributed by atoms with Crippen molar-refractivity contribution in [1.29, 1.82) is 0 Å². The van der Waals surface area contributed by atoms with Crippen LogP contribution in [0.4, 0.5) is 17.1 Å². The highest BCUT2D eigenvalue weighted by Gasteiger charge is 2.01. The predicted molar refractivity (Wildman–Crippen MR) is 106 cm³/mol. The normalized spacial score (nSPS) is 11.0. The number of nitrogens with zero attached hydrogens (tertiary/aromatic N) is 3. The van der Waals surface area contributed by atoms with E-state index in [1.165, 1.54) is 18.5 Å². The molecule has 0 unspecified atom stereocenters. The van der Waals surface area contributed by atoms with Crippen LogP contribution in [0.3, 0.4) is 0 Å². The highest BCUT2D eigenvalue weighted by atomic mass is 16.5. The van der Waals surface area contributed by atoms with Crippen LogP contribution < -0.4 is 9.64 Å². The van der Waals surface area contributed by atoms with Gasteiger partial charge < -0.3 is 9.64 Å². The van der Waals surface area contributed by atoms with E-state index in [9.17, 15) is 0 Å². The van der Waals surface area contributed by atoms with Crippen LogP contribution in [0.15, 0.2) is 58.8 Å². The van der Waals surface area contributed by atoms with Crippen molar-refractivity contribution in [2.24, 2.45) is 10.2 Å². The molecule has 0 heterocycles. The average Bonchev–Trinajstić information content (AvgIpc) is 2.66. The lowest BCUT2D eigenvalue weighted by molar-refractivity contribution is 0.306. The largest absolute Gasteiger partial charge is 0.494 e. The first kappa shape index (κ1) is 19.0. The van der Waals surface area contributed by atoms with Crippen molar-refractivity contribution in [3.63, 3.8) is 0 Å². The second-order valence-electron chi connectivity index (χ2n) is 5.94. The van der Waals surface area contributed by atoms with Gasteiger partial charge in [-0.2, -0.15) is 10.2 Å². The van der Waals surface area contributed by atoms with Gasteiger partial charge in [0.25, 0.3) is 0 Å². The predicted octanol–water partition coefficient (Wildman–Crippen LogP) is 6.52. The second-order valence-corrected chi connectivity index (χ2v) is 5.94. The van der Waals surface area contributed by atoms with E-state index < -0.39 is 0 Å². The summed E-state index contributed by atoms with van der Waals surface area (Å²) in [5.74, 6) is 0.888. The molecule has 0 fully saturated rings. The molecule has 0 saturated carbocycles. The summed E-state index contributed by atoms with van der Waals surface area (Å²) in [6, 6.07) is 16.0. The van der Waals surface area contributed by atoms with Gasteiger partial charge in [-0.3, -0.25) is 0 Å². The Balaban J connectivity index is 1.90. The molecule has 25 heavy (non-hydrogen) atoms. The molecule has 2 aromatic carbocycles. The Morgan fingerprint density at radius 3 is 1.84 bits per heavy atom. The first-order valence-electron chi connectivity index (χ1n) is 9.26. The van der Waals surface area contributed by atoms with Crippen molar-refractivity contribution in [2.75, 3.05) is 24.6 Å². The third kappa shape index (κ3) is 6.22. The second kappa shape index (κ2) is 10.5. The fraction of sp³-hybridized carbons (Fsp3) is 0.429. The molecule has 0 atom stereocenters. The Hall–Kier alpha value is -2.36. The van der Waals surface area contributed by atoms with E-state index in [0.717, 1.165) is 43.2 Å². The van der Waals surface area contributed by atoms with Crippen LogP contribution in [0, 0.1) is 0 Å². The molecule has 0 N–H and O–H groups in total. The molecule has 4 nitrogen and oxygen atoms in total. The van der Waals surface area contributed by atoms with Crippen molar-refractivity contribution in [2.45, 2.75) is 40.0 Å². The van der Waals surface area contributed by atoms with E-state index in [0.29, 0.717) is 0 Å². The lowest BCUT2D eigenvalue weighted by Crippen LogP contribution is -2.21. The van der Waals surface area contributed by atoms with E-state index in [1.807, 2.05) is 36.4 Å². The summed E-state index contributed by atoms with van der Waals surface area (Å²) in [5.41, 5.74) is 2.90. The van der Waals surface area contributed by atoms with E-state index >= 15 is 0 Å². The van der Waals surface area contributed by atoms with Crippen molar-refractivity contribution in [3.8, 4) is 5.75 Å². The number of anilines is 1. The summed E-state index contributed by atoms with van der Waals surface area (Å²) in [5, 5.41) is 8.61. The Bertz CT molecular complexity index is 631. The summed E-state index contributed by atoms with van der Waals surface area (Å²) < 4.78 is 5.71. The SMILES string of the molecule is CCCCCOc1ccc(N=Nc2ccc(N(CC)CC)cc2)cc1. The van der Waals surface area contributed by atoms with Gasteiger partial charge in [-0.25, -0.2) is 0 Å². The summed E-state index contributed by atoms with van der Waals surface area (Å²) in [7, 11) is 0. The molecular formula is C21H29N3O. The average molecular weight is 339 g/mol. The Labute approximate surface area is 151 Å². The maximum atomic E-state index is 5.71. The van der Waals surface area contributed by atoms with Crippen LogP contribution in [0.5, 0.6) is 5.75 Å². The third-order valence-electron chi connectivity index (χ3n) is 4.11. The standard InChI is InChI=1S/C21H29N3O/c1-4-7-8-17-25-21-15-11-19(12-16-21)23-22-18-9-13-20(14-10-18)24(5-2)6-3/h9-16H,4-8,17H2,1-3H3. The van der Waals surface area contributed by atoms with Gasteiger partial charge in [0.1, 0.15) is 5.75 Å². The molecule has 0 aliphatic heterocycles. The van der Waals surface area contributed by atoms with E-state index in [4.69, 9.17) is 4.74 Å². The van der Waals surface area contributed by atoms with Crippen molar-refractivity contribution < 1.29 is 4.74 Å². The topological polar surface area (TPSA) is 37.2 Å². The van der Waals surface area contributed by atoms with Crippen molar-refractivity contribution >= 4 is 17.1 Å². The fourth-order valence-electron chi connectivity index (χ4n) is 2.59. The van der Waals surface area contributed by atoms with Crippen LogP contribution in [0.2, 0.25) is 0 Å². The number of benzene rings is 2. The van der Waals surface area contributed by atoms with Crippen LogP contribution >= 0.6 is 0 Å². The summed E-state index contributed by atoms with van der Waals surface area (Å²) in [6.45, 7) is 9.29. The molecule has 2 rings (SSSR count). The zero-order chi connectivity index (χ0) is 17.9. The number of rotatable bonds is 10. The zero-order valence-corrected chi connectivity index (χ0v) is 15.6. The first-order valence-corrected chi connectivity index (χ1v) is 9.26. The molecule has 0 radical (unpaired) electrons. The molecule has 0 aliphatic rings. The molecule has 0 amide bonds. The van der Waals surface area contributed by atoms with Gasteiger partial charge in [-0.15, -0.1) is 0 Å². The molecule has 4 heteroatoms. The summed E-state index contributed by atoms with van der Waals surface area (Å²) in [6.07, 6.45) is 3.51. The molecule has 0 aliphatic carbocycles. The maximum absolute atomic E-state index is 5.71. The summed E-state index contributed by atoms with van der Waals surface area (Å²) >= 11 is 0. The number of ether oxygens (including phenoxy) is 1. The zero-order valence-electron chi connectivity index (χ0n) is 15.6. The smallest absolute Gasteiger partial charge is 0.119 e. The maximum Gasteiger partial charge on any atom is 0.119 e. The minimum Gasteiger partial charge on any atom is -0.494 e. The molecular weight excluding hydrogens is 310 g/mol. The van der Waals surface area contributed by atoms with Gasteiger partial charge in [0, 0.05) is 18.8 Å². The lowest BCUT2D eigenvalue weighted by atomic mass is 10.2. The van der Waals surface area contributed by atoms with Gasteiger partial charge in [-0.05, 0) is 68.8 Å². The van der Waals surface area contributed by atoms with Crippen LogP contribution in [-0.4, -0.2) is 19.7 Å². The minimum atomic E-state index is 0.771. The van der Waals surface area contributed by atoms with Gasteiger partial charge in [0.15, 0.2) is 0 Å². The quantitative estimate of drug-likeness (QED) is 0.365. The van der Waals surface area contributed by atoms with Crippen LogP contribution in [0.25, 0.3) is 0 Å². The van der Waals surface area contributed by atoms with Gasteiger partial charge in [0.05, 0.1) is 18.0 Å². The number of hydrogen-bond acceptors (Lipinski definition) is 4. The fourth-order valence-corrected chi connectivity index (χ4v) is 2.59. The Morgan fingerprint density at radius 1 is 0.760 bits per heavy atom.